The summed E-state index contributed by atoms with van der Waals surface area (Å²) in [6, 6.07) is -0.653. The van der Waals surface area contributed by atoms with Crippen LogP contribution in [0.2, 0.25) is 0 Å². The van der Waals surface area contributed by atoms with Crippen molar-refractivity contribution in [2.45, 2.75) is 38.0 Å². The number of carboxylic acids is 1. The van der Waals surface area contributed by atoms with Crippen molar-refractivity contribution in [1.29, 1.82) is 0 Å². The van der Waals surface area contributed by atoms with Crippen LogP contribution in [0.1, 0.15) is 19.8 Å². The van der Waals surface area contributed by atoms with Gasteiger partial charge in [0.15, 0.2) is 6.10 Å². The monoisotopic (exact) mass is 258 g/mol. The highest BCUT2D eigenvalue weighted by Gasteiger charge is 2.35. The molecule has 1 aliphatic rings. The van der Waals surface area contributed by atoms with Gasteiger partial charge in [-0.2, -0.15) is 0 Å². The number of rotatable bonds is 4. The van der Waals surface area contributed by atoms with Crippen LogP contribution in [-0.2, 0) is 19.1 Å². The Morgan fingerprint density at radius 2 is 1.83 bits per heavy atom. The van der Waals surface area contributed by atoms with E-state index in [-0.39, 0.29) is 5.91 Å². The van der Waals surface area contributed by atoms with Gasteiger partial charge in [-0.3, -0.25) is 9.59 Å². The smallest absolute Gasteiger partial charge is 0.332 e. The lowest BCUT2D eigenvalue weighted by Gasteiger charge is -2.19. The summed E-state index contributed by atoms with van der Waals surface area (Å²) in [5.74, 6) is -1.74. The van der Waals surface area contributed by atoms with Crippen molar-refractivity contribution in [2.75, 3.05) is 14.1 Å². The molecule has 7 nitrogen and oxygen atoms in total. The Morgan fingerprint density at radius 1 is 1.28 bits per heavy atom. The molecule has 7 heteroatoms. The maximum atomic E-state index is 11.8. The molecule has 0 aromatic heterocycles. The van der Waals surface area contributed by atoms with Crippen LogP contribution in [0.25, 0.3) is 0 Å². The quantitative estimate of drug-likeness (QED) is 0.689. The molecular weight excluding hydrogens is 240 g/mol. The van der Waals surface area contributed by atoms with E-state index in [4.69, 9.17) is 9.84 Å². The third kappa shape index (κ3) is 3.43. The van der Waals surface area contributed by atoms with E-state index in [0.717, 1.165) is 0 Å². The second-order valence-electron chi connectivity index (χ2n) is 4.49. The molecule has 0 radical (unpaired) electrons. The zero-order chi connectivity index (χ0) is 13.9. The van der Waals surface area contributed by atoms with E-state index in [2.05, 4.69) is 5.32 Å². The van der Waals surface area contributed by atoms with Gasteiger partial charge < -0.3 is 20.1 Å². The summed E-state index contributed by atoms with van der Waals surface area (Å²) in [5.41, 5.74) is 0. The van der Waals surface area contributed by atoms with Gasteiger partial charge in [0, 0.05) is 14.1 Å². The highest BCUT2D eigenvalue weighted by atomic mass is 16.5. The number of nitrogens with zero attached hydrogens (tertiary/aromatic N) is 1. The minimum Gasteiger partial charge on any atom is -0.479 e. The van der Waals surface area contributed by atoms with Crippen LogP contribution in [0.4, 0.5) is 0 Å². The van der Waals surface area contributed by atoms with E-state index in [0.29, 0.717) is 12.8 Å². The maximum absolute atomic E-state index is 11.8. The molecule has 2 N–H and O–H groups in total. The first-order valence-corrected chi connectivity index (χ1v) is 5.72. The second-order valence-corrected chi connectivity index (χ2v) is 4.49. The van der Waals surface area contributed by atoms with Crippen LogP contribution in [0.5, 0.6) is 0 Å². The van der Waals surface area contributed by atoms with Crippen molar-refractivity contribution in [2.24, 2.45) is 0 Å². The van der Waals surface area contributed by atoms with E-state index in [1.807, 2.05) is 0 Å². The largest absolute Gasteiger partial charge is 0.479 e. The summed E-state index contributed by atoms with van der Waals surface area (Å²) in [7, 11) is 3.19. The fourth-order valence-electron chi connectivity index (χ4n) is 1.77. The van der Waals surface area contributed by atoms with Crippen molar-refractivity contribution in [1.82, 2.24) is 10.2 Å². The number of aliphatic carboxylic acids is 1. The molecule has 1 saturated heterocycles. The molecule has 1 fully saturated rings. The molecule has 0 aromatic carbocycles. The van der Waals surface area contributed by atoms with Gasteiger partial charge in [-0.15, -0.1) is 0 Å². The van der Waals surface area contributed by atoms with E-state index < -0.39 is 30.1 Å². The Bertz CT molecular complexity index is 355. The van der Waals surface area contributed by atoms with Gasteiger partial charge in [-0.25, -0.2) is 4.79 Å². The van der Waals surface area contributed by atoms with Crippen LogP contribution >= 0.6 is 0 Å². The van der Waals surface area contributed by atoms with Crippen molar-refractivity contribution in [3.05, 3.63) is 0 Å². The van der Waals surface area contributed by atoms with E-state index in [1.165, 1.54) is 4.90 Å². The lowest BCUT2D eigenvalue weighted by atomic mass is 10.2. The Morgan fingerprint density at radius 3 is 2.28 bits per heavy atom. The third-order valence-electron chi connectivity index (χ3n) is 2.76. The molecule has 1 rings (SSSR count). The van der Waals surface area contributed by atoms with E-state index >= 15 is 0 Å². The predicted molar refractivity (Wildman–Crippen MR) is 61.8 cm³/mol. The molecule has 0 spiro atoms. The summed E-state index contributed by atoms with van der Waals surface area (Å²) in [6.07, 6.45) is -1.06. The minimum absolute atomic E-state index is 0.226. The Labute approximate surface area is 105 Å². The molecule has 2 amide bonds. The number of hydrogen-bond donors (Lipinski definition) is 2. The summed E-state index contributed by atoms with van der Waals surface area (Å²) < 4.78 is 5.09. The van der Waals surface area contributed by atoms with Crippen molar-refractivity contribution in [3.63, 3.8) is 0 Å². The van der Waals surface area contributed by atoms with Gasteiger partial charge in [0.05, 0.1) is 0 Å². The number of nitrogens with one attached hydrogen (secondary N) is 1. The molecule has 102 valence electrons. The first-order valence-electron chi connectivity index (χ1n) is 5.72. The second kappa shape index (κ2) is 5.81. The Kier molecular flexibility index (Phi) is 4.66. The van der Waals surface area contributed by atoms with Crippen LogP contribution in [0.3, 0.4) is 0 Å². The molecule has 3 atom stereocenters. The van der Waals surface area contributed by atoms with Crippen LogP contribution in [0.15, 0.2) is 0 Å². The molecule has 0 aromatic rings. The van der Waals surface area contributed by atoms with Gasteiger partial charge in [0.2, 0.25) is 11.8 Å². The lowest BCUT2D eigenvalue weighted by molar-refractivity contribution is -0.152. The SMILES string of the molecule is CC(NC(=O)[C@@H]1CC[C@H](C(=O)O)O1)C(=O)N(C)C. The van der Waals surface area contributed by atoms with Gasteiger partial charge in [-0.05, 0) is 19.8 Å². The predicted octanol–water partition coefficient (Wildman–Crippen LogP) is -0.788. The van der Waals surface area contributed by atoms with Gasteiger partial charge in [0.1, 0.15) is 12.1 Å². The molecule has 18 heavy (non-hydrogen) atoms. The Hall–Kier alpha value is -1.63. The average molecular weight is 258 g/mol. The Balaban J connectivity index is 2.47. The molecule has 0 bridgehead atoms. The topological polar surface area (TPSA) is 95.9 Å². The molecule has 1 aliphatic heterocycles. The van der Waals surface area contributed by atoms with Crippen molar-refractivity contribution < 1.29 is 24.2 Å². The van der Waals surface area contributed by atoms with Crippen LogP contribution in [0, 0.1) is 0 Å². The maximum Gasteiger partial charge on any atom is 0.332 e. The molecule has 1 heterocycles. The molecule has 1 unspecified atom stereocenters. The molecular formula is C11H18N2O5. The van der Waals surface area contributed by atoms with Gasteiger partial charge in [0.25, 0.3) is 0 Å². The number of hydrogen-bond acceptors (Lipinski definition) is 4. The zero-order valence-electron chi connectivity index (χ0n) is 10.7. The highest BCUT2D eigenvalue weighted by Crippen LogP contribution is 2.20. The zero-order valence-corrected chi connectivity index (χ0v) is 10.7. The number of carboxylic acid groups (broad SMARTS) is 1. The summed E-state index contributed by atoms with van der Waals surface area (Å²) >= 11 is 0. The average Bonchev–Trinajstić information content (AvgIpc) is 2.76. The minimum atomic E-state index is -1.07. The highest BCUT2D eigenvalue weighted by molar-refractivity contribution is 5.89. The lowest BCUT2D eigenvalue weighted by Crippen LogP contribution is -2.47. The number of carbonyl (C=O) groups is 3. The van der Waals surface area contributed by atoms with E-state index in [1.54, 1.807) is 21.0 Å². The first-order chi connectivity index (χ1) is 8.32. The first kappa shape index (κ1) is 14.4. The standard InChI is InChI=1S/C11H18N2O5/c1-6(10(15)13(2)3)12-9(14)7-4-5-8(18-7)11(16)17/h6-8H,4-5H2,1-3H3,(H,12,14)(H,16,17)/t6?,7-,8+/m0/s1. The molecule has 0 saturated carbocycles. The normalized spacial score (nSPS) is 24.4. The van der Waals surface area contributed by atoms with Crippen LogP contribution < -0.4 is 5.32 Å². The summed E-state index contributed by atoms with van der Waals surface area (Å²) in [6.45, 7) is 1.57. The van der Waals surface area contributed by atoms with Gasteiger partial charge >= 0.3 is 5.97 Å². The molecule has 0 aliphatic carbocycles. The van der Waals surface area contributed by atoms with E-state index in [9.17, 15) is 14.4 Å². The number of amides is 2. The van der Waals surface area contributed by atoms with Crippen molar-refractivity contribution in [3.8, 4) is 0 Å². The third-order valence-corrected chi connectivity index (χ3v) is 2.76. The summed E-state index contributed by atoms with van der Waals surface area (Å²) in [5, 5.41) is 11.3. The van der Waals surface area contributed by atoms with Gasteiger partial charge in [-0.1, -0.05) is 0 Å². The number of likely N-dealkylation sites (N-methyl/N-ethyl adjacent to an activating group) is 1. The summed E-state index contributed by atoms with van der Waals surface area (Å²) in [4.78, 5) is 35.3. The number of ether oxygens (including phenoxy) is 1. The number of carbonyl (C=O) groups excluding carboxylic acids is 2. The van der Waals surface area contributed by atoms with Crippen LogP contribution in [-0.4, -0.2) is 60.1 Å². The fourth-order valence-corrected chi connectivity index (χ4v) is 1.77. The fraction of sp³-hybridized carbons (Fsp3) is 0.727. The van der Waals surface area contributed by atoms with Crippen molar-refractivity contribution >= 4 is 17.8 Å².